The topological polar surface area (TPSA) is 50.7 Å². The largest absolute Gasteiger partial charge is 0.497 e. The SMILES string of the molecule is COc1ccc(CC(C)(C)NCC(O)COc2ccc(F)cc2)cc1.Cl. The maximum atomic E-state index is 12.8. The minimum atomic E-state index is -0.653. The molecule has 0 aliphatic carbocycles. The van der Waals surface area contributed by atoms with E-state index in [1.54, 1.807) is 19.2 Å². The zero-order chi connectivity index (χ0) is 18.3. The van der Waals surface area contributed by atoms with Crippen molar-refractivity contribution >= 4 is 12.4 Å². The Morgan fingerprint density at radius 1 is 1.04 bits per heavy atom. The van der Waals surface area contributed by atoms with E-state index in [1.165, 1.54) is 17.7 Å². The van der Waals surface area contributed by atoms with Crippen LogP contribution in [0.4, 0.5) is 4.39 Å². The predicted octanol–water partition coefficient (Wildman–Crippen LogP) is 3.61. The van der Waals surface area contributed by atoms with Gasteiger partial charge in [0, 0.05) is 12.1 Å². The van der Waals surface area contributed by atoms with Gasteiger partial charge in [-0.05, 0) is 62.2 Å². The molecule has 0 aliphatic heterocycles. The molecule has 0 fully saturated rings. The predicted molar refractivity (Wildman–Crippen MR) is 104 cm³/mol. The zero-order valence-electron chi connectivity index (χ0n) is 15.4. The smallest absolute Gasteiger partial charge is 0.123 e. The van der Waals surface area contributed by atoms with Gasteiger partial charge in [0.25, 0.3) is 0 Å². The van der Waals surface area contributed by atoms with Crippen LogP contribution in [0.25, 0.3) is 0 Å². The van der Waals surface area contributed by atoms with Crippen molar-refractivity contribution < 1.29 is 19.0 Å². The molecule has 0 saturated carbocycles. The molecule has 6 heteroatoms. The van der Waals surface area contributed by atoms with Gasteiger partial charge >= 0.3 is 0 Å². The van der Waals surface area contributed by atoms with E-state index in [-0.39, 0.29) is 30.4 Å². The number of hydrogen-bond acceptors (Lipinski definition) is 4. The van der Waals surface area contributed by atoms with Gasteiger partial charge < -0.3 is 19.9 Å². The lowest BCUT2D eigenvalue weighted by atomic mass is 9.94. The fourth-order valence-electron chi connectivity index (χ4n) is 2.49. The number of aliphatic hydroxyl groups is 1. The Kier molecular flexibility index (Phi) is 8.85. The number of halogens is 2. The molecule has 0 amide bonds. The normalized spacial score (nSPS) is 12.2. The number of β-amino-alcohol motifs (C(OH)–C–C–N with tert-alkyl or cyclic N) is 1. The first-order chi connectivity index (χ1) is 11.9. The summed E-state index contributed by atoms with van der Waals surface area (Å²) in [6.45, 7) is 4.73. The van der Waals surface area contributed by atoms with Crippen LogP contribution in [0.15, 0.2) is 48.5 Å². The fourth-order valence-corrected chi connectivity index (χ4v) is 2.49. The molecule has 4 nitrogen and oxygen atoms in total. The molecule has 144 valence electrons. The van der Waals surface area contributed by atoms with E-state index in [9.17, 15) is 9.50 Å². The zero-order valence-corrected chi connectivity index (χ0v) is 16.2. The summed E-state index contributed by atoms with van der Waals surface area (Å²) < 4.78 is 23.5. The lowest BCUT2D eigenvalue weighted by molar-refractivity contribution is 0.0988. The number of rotatable bonds is 9. The molecule has 0 heterocycles. The first-order valence-electron chi connectivity index (χ1n) is 8.32. The van der Waals surface area contributed by atoms with Crippen molar-refractivity contribution in [2.75, 3.05) is 20.3 Å². The molecule has 0 radical (unpaired) electrons. The lowest BCUT2D eigenvalue weighted by Gasteiger charge is -2.28. The van der Waals surface area contributed by atoms with Gasteiger partial charge in [-0.2, -0.15) is 0 Å². The van der Waals surface area contributed by atoms with Gasteiger partial charge in [0.2, 0.25) is 0 Å². The average molecular weight is 384 g/mol. The summed E-state index contributed by atoms with van der Waals surface area (Å²) in [7, 11) is 1.65. The molecule has 2 aromatic rings. The van der Waals surface area contributed by atoms with Crippen LogP contribution in [0.5, 0.6) is 11.5 Å². The number of hydrogen-bond donors (Lipinski definition) is 2. The molecule has 2 N–H and O–H groups in total. The molecule has 0 saturated heterocycles. The van der Waals surface area contributed by atoms with Crippen molar-refractivity contribution in [2.45, 2.75) is 31.9 Å². The van der Waals surface area contributed by atoms with Gasteiger partial charge in [0.05, 0.1) is 7.11 Å². The van der Waals surface area contributed by atoms with Crippen molar-refractivity contribution in [1.82, 2.24) is 5.32 Å². The number of benzene rings is 2. The van der Waals surface area contributed by atoms with Crippen molar-refractivity contribution in [2.24, 2.45) is 0 Å². The minimum absolute atomic E-state index is 0. The molecule has 2 rings (SSSR count). The third-order valence-corrected chi connectivity index (χ3v) is 3.88. The van der Waals surface area contributed by atoms with Gasteiger partial charge in [0.1, 0.15) is 30.0 Å². The lowest BCUT2D eigenvalue weighted by Crippen LogP contribution is -2.46. The van der Waals surface area contributed by atoms with Crippen LogP contribution in [-0.2, 0) is 6.42 Å². The standard InChI is InChI=1S/C20H26FNO3.ClH/c1-20(2,12-15-4-8-18(24-3)9-5-15)22-13-17(23)14-25-19-10-6-16(21)7-11-19;/h4-11,17,22-23H,12-14H2,1-3H3;1H. The Morgan fingerprint density at radius 2 is 1.62 bits per heavy atom. The second kappa shape index (κ2) is 10.4. The summed E-state index contributed by atoms with van der Waals surface area (Å²) >= 11 is 0. The average Bonchev–Trinajstić information content (AvgIpc) is 2.60. The highest BCUT2D eigenvalue weighted by Crippen LogP contribution is 2.17. The van der Waals surface area contributed by atoms with Gasteiger partial charge in [-0.3, -0.25) is 0 Å². The molecular formula is C20H27ClFNO3. The van der Waals surface area contributed by atoms with Gasteiger partial charge in [-0.1, -0.05) is 12.1 Å². The molecule has 0 aromatic heterocycles. The second-order valence-corrected chi connectivity index (χ2v) is 6.71. The van der Waals surface area contributed by atoms with E-state index in [0.717, 1.165) is 12.2 Å². The maximum Gasteiger partial charge on any atom is 0.123 e. The summed E-state index contributed by atoms with van der Waals surface area (Å²) in [6.07, 6.45) is 0.169. The second-order valence-electron chi connectivity index (χ2n) is 6.71. The van der Waals surface area contributed by atoms with E-state index < -0.39 is 6.10 Å². The minimum Gasteiger partial charge on any atom is -0.497 e. The van der Waals surface area contributed by atoms with Crippen LogP contribution in [0.1, 0.15) is 19.4 Å². The molecule has 2 aromatic carbocycles. The Balaban J connectivity index is 0.00000338. The van der Waals surface area contributed by atoms with Crippen LogP contribution in [0, 0.1) is 5.82 Å². The molecule has 0 aliphatic rings. The van der Waals surface area contributed by atoms with E-state index >= 15 is 0 Å². The summed E-state index contributed by atoms with van der Waals surface area (Å²) in [4.78, 5) is 0. The summed E-state index contributed by atoms with van der Waals surface area (Å²) in [5.74, 6) is 1.07. The first kappa shape index (κ1) is 22.2. The molecular weight excluding hydrogens is 357 g/mol. The van der Waals surface area contributed by atoms with Crippen molar-refractivity contribution in [3.8, 4) is 11.5 Å². The Bertz CT molecular complexity index is 647. The molecule has 0 bridgehead atoms. The van der Waals surface area contributed by atoms with E-state index in [2.05, 4.69) is 19.2 Å². The highest BCUT2D eigenvalue weighted by Gasteiger charge is 2.19. The van der Waals surface area contributed by atoms with Gasteiger partial charge in [0.15, 0.2) is 0 Å². The van der Waals surface area contributed by atoms with Crippen molar-refractivity contribution in [3.05, 3.63) is 59.9 Å². The van der Waals surface area contributed by atoms with Gasteiger partial charge in [-0.15, -0.1) is 12.4 Å². The van der Waals surface area contributed by atoms with E-state index in [4.69, 9.17) is 9.47 Å². The fraction of sp³-hybridized carbons (Fsp3) is 0.400. The van der Waals surface area contributed by atoms with Crippen molar-refractivity contribution in [1.29, 1.82) is 0 Å². The van der Waals surface area contributed by atoms with Crippen LogP contribution in [0.2, 0.25) is 0 Å². The monoisotopic (exact) mass is 383 g/mol. The van der Waals surface area contributed by atoms with Crippen LogP contribution < -0.4 is 14.8 Å². The first-order valence-corrected chi connectivity index (χ1v) is 8.32. The van der Waals surface area contributed by atoms with Gasteiger partial charge in [-0.25, -0.2) is 4.39 Å². The Labute approximate surface area is 160 Å². The van der Waals surface area contributed by atoms with E-state index in [0.29, 0.717) is 12.3 Å². The number of methoxy groups -OCH3 is 1. The number of ether oxygens (including phenoxy) is 2. The number of nitrogens with one attached hydrogen (secondary N) is 1. The van der Waals surface area contributed by atoms with E-state index in [1.807, 2.05) is 24.3 Å². The molecule has 26 heavy (non-hydrogen) atoms. The van der Waals surface area contributed by atoms with Crippen LogP contribution in [-0.4, -0.2) is 37.0 Å². The maximum absolute atomic E-state index is 12.8. The summed E-state index contributed by atoms with van der Waals surface area (Å²) in [6, 6.07) is 13.7. The quantitative estimate of drug-likeness (QED) is 0.694. The van der Waals surface area contributed by atoms with Crippen LogP contribution in [0.3, 0.4) is 0 Å². The number of aliphatic hydroxyl groups excluding tert-OH is 1. The third kappa shape index (κ3) is 7.60. The van der Waals surface area contributed by atoms with Crippen molar-refractivity contribution in [3.63, 3.8) is 0 Å². The van der Waals surface area contributed by atoms with Crippen LogP contribution >= 0.6 is 12.4 Å². The molecule has 0 spiro atoms. The third-order valence-electron chi connectivity index (χ3n) is 3.88. The highest BCUT2D eigenvalue weighted by molar-refractivity contribution is 5.85. The Morgan fingerprint density at radius 3 is 2.19 bits per heavy atom. The highest BCUT2D eigenvalue weighted by atomic mass is 35.5. The Hall–Kier alpha value is -1.82. The molecule has 1 atom stereocenters. The molecule has 1 unspecified atom stereocenters. The summed E-state index contributed by atoms with van der Waals surface area (Å²) in [5, 5.41) is 13.4. The summed E-state index contributed by atoms with van der Waals surface area (Å²) in [5.41, 5.74) is 1.01.